The van der Waals surface area contributed by atoms with Crippen LogP contribution in [0.5, 0.6) is 23.1 Å². The van der Waals surface area contributed by atoms with Crippen molar-refractivity contribution in [2.75, 3.05) is 27.3 Å². The van der Waals surface area contributed by atoms with Crippen molar-refractivity contribution >= 4 is 25.6 Å². The normalized spacial score (nSPS) is 21.3. The number of methoxy groups -OCH3 is 2. The second kappa shape index (κ2) is 16.3. The average molecular weight is 819 g/mol. The molecule has 0 saturated heterocycles. The van der Waals surface area contributed by atoms with Crippen molar-refractivity contribution in [2.24, 2.45) is 11.8 Å². The molecule has 0 amide bonds. The number of rotatable bonds is 15. The molecule has 1 heterocycles. The summed E-state index contributed by atoms with van der Waals surface area (Å²) >= 11 is 0. The molecule has 3 aromatic carbocycles. The number of ether oxygens (including phenoxy) is 4. The van der Waals surface area contributed by atoms with Gasteiger partial charge in [-0.3, -0.25) is 14.5 Å². The Morgan fingerprint density at radius 1 is 0.898 bits per heavy atom. The number of aliphatic hydroxyl groups is 1. The zero-order valence-electron chi connectivity index (χ0n) is 35.0. The largest absolute Gasteiger partial charge is 0.507 e. The molecule has 3 aliphatic carbocycles. The van der Waals surface area contributed by atoms with Crippen molar-refractivity contribution < 1.29 is 42.6 Å². The van der Waals surface area contributed by atoms with E-state index in [1.54, 1.807) is 32.4 Å². The number of fused-ring (bicyclic) bond motifs is 4. The lowest BCUT2D eigenvalue weighted by atomic mass is 9.57. The number of carbonyl (C=O) groups excluding carboxylic acids is 2. The monoisotopic (exact) mass is 818 g/mol. The third-order valence-electron chi connectivity index (χ3n) is 12.4. The maximum absolute atomic E-state index is 16.0. The van der Waals surface area contributed by atoms with Crippen LogP contribution in [0, 0.1) is 11.8 Å². The van der Waals surface area contributed by atoms with E-state index < -0.39 is 48.4 Å². The molecule has 310 valence electrons. The van der Waals surface area contributed by atoms with Crippen LogP contribution in [0.4, 0.5) is 0 Å². The van der Waals surface area contributed by atoms with Gasteiger partial charge in [0, 0.05) is 36.2 Å². The van der Waals surface area contributed by atoms with Crippen LogP contribution in [0.1, 0.15) is 71.6 Å². The minimum atomic E-state index is -2.98. The highest BCUT2D eigenvalue weighted by atomic mass is 28.4. The van der Waals surface area contributed by atoms with Gasteiger partial charge in [-0.1, -0.05) is 93.6 Å². The van der Waals surface area contributed by atoms with Gasteiger partial charge < -0.3 is 33.0 Å². The van der Waals surface area contributed by atoms with Gasteiger partial charge in [-0.15, -0.1) is 13.2 Å². The van der Waals surface area contributed by atoms with Crippen LogP contribution in [0.3, 0.4) is 0 Å². The van der Waals surface area contributed by atoms with Crippen molar-refractivity contribution in [3.05, 3.63) is 131 Å². The summed E-state index contributed by atoms with van der Waals surface area (Å²) in [6, 6.07) is 20.2. The van der Waals surface area contributed by atoms with Gasteiger partial charge >= 0.3 is 0 Å². The topological polar surface area (TPSA) is 130 Å². The Morgan fingerprint density at radius 2 is 1.51 bits per heavy atom. The third-order valence-corrected chi connectivity index (χ3v) is 16.9. The number of nitrogens with zero attached hydrogens (tertiary/aromatic N) is 2. The number of aliphatic hydroxyl groups excluding tert-OH is 1. The summed E-state index contributed by atoms with van der Waals surface area (Å²) in [6.07, 6.45) is 4.09. The molecule has 0 spiro atoms. The minimum absolute atomic E-state index is 0.0248. The maximum atomic E-state index is 16.0. The summed E-state index contributed by atoms with van der Waals surface area (Å²) in [5.74, 6) is -1.38. The lowest BCUT2D eigenvalue weighted by Gasteiger charge is -2.55. The van der Waals surface area contributed by atoms with Gasteiger partial charge in [-0.25, -0.2) is 0 Å². The fraction of sp³-hybridized carbons (Fsp3) is 0.383. The molecule has 0 aliphatic heterocycles. The quantitative estimate of drug-likeness (QED) is 0.0700. The Hall–Kier alpha value is -5.43. The summed E-state index contributed by atoms with van der Waals surface area (Å²) in [6.45, 7) is 19.4. The van der Waals surface area contributed by atoms with Gasteiger partial charge in [0.05, 0.1) is 25.8 Å². The standard InChI is InChI=1S/C47H54N2O9Si/c1-10-22-49(23-11-2)39-33-25-31-24-32-37(34(26-35(53-6)41(32)54-7)55-27-29-18-14-12-15-19-29)40(50)36(31)43(51)47(33,58-59(8,9)46(3,4)5)44(52)38-42(39)57-48-45(38)56-28-30-20-16-13-17-21-30/h10-21,26,31,33,39,50H,1-2,22-25,27-28H2,3-9H3/t31-,33-,39-,47-/m0/s1. The average Bonchev–Trinajstić information content (AvgIpc) is 3.63. The molecule has 4 aromatic rings. The van der Waals surface area contributed by atoms with Crippen LogP contribution in [-0.4, -0.2) is 68.0 Å². The van der Waals surface area contributed by atoms with E-state index in [1.807, 2.05) is 73.8 Å². The van der Waals surface area contributed by atoms with E-state index in [2.05, 4.69) is 44.0 Å². The van der Waals surface area contributed by atoms with Crippen molar-refractivity contribution in [3.63, 3.8) is 0 Å². The van der Waals surface area contributed by atoms with E-state index in [0.717, 1.165) is 11.1 Å². The molecular formula is C47H54N2O9Si. The second-order valence-corrected chi connectivity index (χ2v) is 21.7. The van der Waals surface area contributed by atoms with Crippen LogP contribution >= 0.6 is 0 Å². The number of ketones is 2. The van der Waals surface area contributed by atoms with E-state index in [4.69, 9.17) is 27.9 Å². The first-order valence-electron chi connectivity index (χ1n) is 20.0. The number of carbonyl (C=O) groups is 2. The molecule has 1 N–H and O–H groups in total. The summed E-state index contributed by atoms with van der Waals surface area (Å²) < 4.78 is 37.9. The number of Topliss-reactive ketones (excluding diaryl/α,β-unsaturated/α-hetero) is 2. The lowest BCUT2D eigenvalue weighted by Crippen LogP contribution is -2.68. The second-order valence-electron chi connectivity index (χ2n) is 17.0. The van der Waals surface area contributed by atoms with Crippen molar-refractivity contribution in [1.29, 1.82) is 0 Å². The molecule has 0 unspecified atom stereocenters. The predicted molar refractivity (Wildman–Crippen MR) is 228 cm³/mol. The summed E-state index contributed by atoms with van der Waals surface area (Å²) in [5, 5.41) is 16.6. The molecule has 1 saturated carbocycles. The Kier molecular flexibility index (Phi) is 11.5. The number of hydrogen-bond acceptors (Lipinski definition) is 11. The molecule has 59 heavy (non-hydrogen) atoms. The highest BCUT2D eigenvalue weighted by Crippen LogP contribution is 2.60. The zero-order chi connectivity index (χ0) is 42.3. The maximum Gasteiger partial charge on any atom is 0.265 e. The van der Waals surface area contributed by atoms with E-state index >= 15 is 9.59 Å². The molecule has 3 aliphatic rings. The number of benzene rings is 3. The molecule has 0 radical (unpaired) electrons. The highest BCUT2D eigenvalue weighted by Gasteiger charge is 2.69. The smallest absolute Gasteiger partial charge is 0.265 e. The van der Waals surface area contributed by atoms with Gasteiger partial charge in [0.1, 0.15) is 30.3 Å². The lowest BCUT2D eigenvalue weighted by molar-refractivity contribution is -0.141. The third kappa shape index (κ3) is 7.21. The molecular weight excluding hydrogens is 765 g/mol. The first-order chi connectivity index (χ1) is 28.2. The molecule has 11 nitrogen and oxygen atoms in total. The SMILES string of the molecule is C=CCN(CC=C)[C@@H]1c2onc(OCc3ccccc3)c2C(=O)[C@@]2(O[Si](C)(C)C(C)(C)C)C(=O)C3=C(O)c4c(OCc5ccccc5)cc(OC)c(OC)c4C[C@H]3C[C@@H]12. The van der Waals surface area contributed by atoms with Crippen LogP contribution in [0.15, 0.2) is 102 Å². The van der Waals surface area contributed by atoms with E-state index in [-0.39, 0.29) is 54.6 Å². The fourth-order valence-electron chi connectivity index (χ4n) is 8.65. The molecule has 0 bridgehead atoms. The van der Waals surface area contributed by atoms with Gasteiger partial charge in [0.2, 0.25) is 11.6 Å². The van der Waals surface area contributed by atoms with Gasteiger partial charge in [-0.2, -0.15) is 0 Å². The van der Waals surface area contributed by atoms with E-state index in [1.165, 1.54) is 0 Å². The Morgan fingerprint density at radius 3 is 2.07 bits per heavy atom. The number of hydrogen-bond donors (Lipinski definition) is 1. The Labute approximate surface area is 347 Å². The molecule has 1 aromatic heterocycles. The van der Waals surface area contributed by atoms with Crippen molar-refractivity contribution in [1.82, 2.24) is 10.1 Å². The zero-order valence-corrected chi connectivity index (χ0v) is 36.0. The molecule has 4 atom stereocenters. The van der Waals surface area contributed by atoms with Crippen LogP contribution in [0.2, 0.25) is 18.1 Å². The minimum Gasteiger partial charge on any atom is -0.507 e. The summed E-state index contributed by atoms with van der Waals surface area (Å²) in [5.41, 5.74) is 0.804. The fourth-order valence-corrected chi connectivity index (χ4v) is 10.1. The van der Waals surface area contributed by atoms with Crippen LogP contribution in [-0.2, 0) is 28.9 Å². The predicted octanol–water partition coefficient (Wildman–Crippen LogP) is 9.25. The van der Waals surface area contributed by atoms with Gasteiger partial charge in [0.15, 0.2) is 31.2 Å². The van der Waals surface area contributed by atoms with Crippen molar-refractivity contribution in [2.45, 2.75) is 76.6 Å². The Bertz CT molecular complexity index is 2270. The number of aromatic nitrogens is 1. The molecule has 12 heteroatoms. The summed E-state index contributed by atoms with van der Waals surface area (Å²) in [7, 11) is 0.112. The van der Waals surface area contributed by atoms with Gasteiger partial charge in [-0.05, 0) is 53.2 Å². The van der Waals surface area contributed by atoms with Crippen LogP contribution < -0.4 is 18.9 Å². The molecule has 1 fully saturated rings. The first-order valence-corrected chi connectivity index (χ1v) is 22.9. The van der Waals surface area contributed by atoms with Crippen LogP contribution in [0.25, 0.3) is 5.76 Å². The van der Waals surface area contributed by atoms with E-state index in [9.17, 15) is 5.11 Å². The van der Waals surface area contributed by atoms with Gasteiger partial charge in [0.25, 0.3) is 5.88 Å². The van der Waals surface area contributed by atoms with Crippen molar-refractivity contribution in [3.8, 4) is 23.1 Å². The highest BCUT2D eigenvalue weighted by molar-refractivity contribution is 6.74. The Balaban J connectivity index is 1.46. The summed E-state index contributed by atoms with van der Waals surface area (Å²) in [4.78, 5) is 33.9. The van der Waals surface area contributed by atoms with E-state index in [0.29, 0.717) is 41.5 Å². The molecule has 7 rings (SSSR count). The first kappa shape index (κ1) is 41.7.